The van der Waals surface area contributed by atoms with Crippen LogP contribution in [0.2, 0.25) is 0 Å². The van der Waals surface area contributed by atoms with Gasteiger partial charge in [0.1, 0.15) is 24.6 Å². The Hall–Kier alpha value is -2.82. The Morgan fingerprint density at radius 2 is 1.87 bits per heavy atom. The standard InChI is InChI=1S/C26H26FN2O/c1-2-16-29(25(30)22-9-5-7-19-6-3-4-8-21(19)22)18-26(12-14-28-15-13-26)23-17-20(27)10-11-24(23)29/h2-11,17,28H,1,12-16,18H2/q+1. The van der Waals surface area contributed by atoms with Crippen molar-refractivity contribution < 1.29 is 9.18 Å². The number of amides is 1. The van der Waals surface area contributed by atoms with E-state index in [0.29, 0.717) is 13.1 Å². The zero-order valence-corrected chi connectivity index (χ0v) is 17.0. The number of hydrogen-bond donors (Lipinski definition) is 1. The number of halogens is 1. The Bertz CT molecular complexity index is 1140. The normalized spacial score (nSPS) is 22.2. The first-order valence-electron chi connectivity index (χ1n) is 10.6. The number of carbonyl (C=O) groups excluding carboxylic acids is 1. The van der Waals surface area contributed by atoms with E-state index in [1.807, 2.05) is 54.6 Å². The van der Waals surface area contributed by atoms with Crippen LogP contribution in [0.3, 0.4) is 0 Å². The molecule has 1 unspecified atom stereocenters. The predicted octanol–water partition coefficient (Wildman–Crippen LogP) is 4.95. The summed E-state index contributed by atoms with van der Waals surface area (Å²) in [4.78, 5) is 14.3. The van der Waals surface area contributed by atoms with Crippen molar-refractivity contribution in [3.8, 4) is 0 Å². The average Bonchev–Trinajstić information content (AvgIpc) is 3.03. The van der Waals surface area contributed by atoms with E-state index in [1.165, 1.54) is 6.07 Å². The van der Waals surface area contributed by atoms with Gasteiger partial charge < -0.3 is 5.32 Å². The molecule has 1 atom stereocenters. The Morgan fingerprint density at radius 3 is 2.67 bits per heavy atom. The summed E-state index contributed by atoms with van der Waals surface area (Å²) in [6.45, 7) is 6.89. The average molecular weight is 402 g/mol. The molecule has 4 heteroatoms. The van der Waals surface area contributed by atoms with Crippen molar-refractivity contribution >= 4 is 22.4 Å². The second-order valence-electron chi connectivity index (χ2n) is 8.62. The van der Waals surface area contributed by atoms with Crippen molar-refractivity contribution in [3.63, 3.8) is 0 Å². The smallest absolute Gasteiger partial charge is 0.317 e. The highest BCUT2D eigenvalue weighted by atomic mass is 19.1. The summed E-state index contributed by atoms with van der Waals surface area (Å²) in [6.07, 6.45) is 3.64. The summed E-state index contributed by atoms with van der Waals surface area (Å²) in [5, 5.41) is 5.43. The quantitative estimate of drug-likeness (QED) is 0.497. The number of hydrogen-bond acceptors (Lipinski definition) is 2. The molecule has 3 nitrogen and oxygen atoms in total. The molecule has 0 saturated carbocycles. The monoisotopic (exact) mass is 401 g/mol. The van der Waals surface area contributed by atoms with Crippen LogP contribution in [-0.4, -0.2) is 32.1 Å². The number of nitrogens with one attached hydrogen (secondary N) is 1. The molecule has 2 aliphatic heterocycles. The molecule has 1 fully saturated rings. The molecule has 5 rings (SSSR count). The Kier molecular flexibility index (Phi) is 4.57. The molecule has 0 aliphatic carbocycles. The lowest BCUT2D eigenvalue weighted by molar-refractivity contribution is 0.0761. The molecular weight excluding hydrogens is 375 g/mol. The van der Waals surface area contributed by atoms with Gasteiger partial charge in [0.15, 0.2) is 0 Å². The second-order valence-corrected chi connectivity index (χ2v) is 8.62. The Morgan fingerprint density at radius 1 is 1.10 bits per heavy atom. The summed E-state index contributed by atoms with van der Waals surface area (Å²) >= 11 is 0. The summed E-state index contributed by atoms with van der Waals surface area (Å²) in [6, 6.07) is 18.9. The van der Waals surface area contributed by atoms with Crippen LogP contribution in [0.5, 0.6) is 0 Å². The number of nitrogens with zero attached hydrogens (tertiary/aromatic N) is 1. The maximum atomic E-state index is 14.3. The molecule has 0 radical (unpaired) electrons. The molecule has 1 spiro atoms. The fourth-order valence-corrected chi connectivity index (χ4v) is 5.62. The zero-order valence-electron chi connectivity index (χ0n) is 17.0. The molecule has 1 saturated heterocycles. The van der Waals surface area contributed by atoms with Gasteiger partial charge in [-0.2, -0.15) is 0 Å². The molecule has 3 aromatic rings. The predicted molar refractivity (Wildman–Crippen MR) is 120 cm³/mol. The van der Waals surface area contributed by atoms with Gasteiger partial charge >= 0.3 is 5.91 Å². The van der Waals surface area contributed by atoms with Crippen molar-refractivity contribution in [3.05, 3.63) is 90.3 Å². The SMILES string of the molecule is C=CC[N+]1(C(=O)c2cccc3ccccc23)CC2(CCNCC2)c2cc(F)ccc21. The maximum Gasteiger partial charge on any atom is 0.351 e. The lowest BCUT2D eigenvalue weighted by Gasteiger charge is -2.36. The lowest BCUT2D eigenvalue weighted by Crippen LogP contribution is -2.57. The van der Waals surface area contributed by atoms with Crippen molar-refractivity contribution in [2.75, 3.05) is 26.2 Å². The van der Waals surface area contributed by atoms with Crippen LogP contribution in [0, 0.1) is 5.82 Å². The van der Waals surface area contributed by atoms with Crippen molar-refractivity contribution in [1.29, 1.82) is 0 Å². The summed E-state index contributed by atoms with van der Waals surface area (Å²) < 4.78 is 14.5. The Balaban J connectivity index is 1.73. The van der Waals surface area contributed by atoms with Crippen LogP contribution in [0.4, 0.5) is 10.1 Å². The first-order chi connectivity index (χ1) is 14.6. The van der Waals surface area contributed by atoms with Crippen molar-refractivity contribution in [2.45, 2.75) is 18.3 Å². The third-order valence-corrected chi connectivity index (χ3v) is 6.97. The van der Waals surface area contributed by atoms with Crippen molar-refractivity contribution in [2.24, 2.45) is 0 Å². The number of carbonyl (C=O) groups is 1. The molecule has 3 aromatic carbocycles. The van der Waals surface area contributed by atoms with Gasteiger partial charge in [0.2, 0.25) is 0 Å². The second kappa shape index (κ2) is 7.15. The lowest BCUT2D eigenvalue weighted by atomic mass is 9.74. The highest BCUT2D eigenvalue weighted by Gasteiger charge is 2.57. The minimum atomic E-state index is -0.233. The van der Waals surface area contributed by atoms with E-state index < -0.39 is 0 Å². The van der Waals surface area contributed by atoms with E-state index in [9.17, 15) is 9.18 Å². The highest BCUT2D eigenvalue weighted by Crippen LogP contribution is 2.51. The zero-order chi connectivity index (χ0) is 20.8. The molecule has 30 heavy (non-hydrogen) atoms. The fourth-order valence-electron chi connectivity index (χ4n) is 5.62. The van der Waals surface area contributed by atoms with Crippen LogP contribution >= 0.6 is 0 Å². The minimum absolute atomic E-state index is 0.0648. The van der Waals surface area contributed by atoms with E-state index >= 15 is 0 Å². The highest BCUT2D eigenvalue weighted by molar-refractivity contribution is 6.12. The molecule has 0 bridgehead atoms. The van der Waals surface area contributed by atoms with E-state index in [2.05, 4.69) is 11.9 Å². The van der Waals surface area contributed by atoms with Crippen LogP contribution < -0.4 is 9.80 Å². The molecular formula is C26H26FN2O+. The number of benzene rings is 3. The molecule has 152 valence electrons. The molecule has 2 aliphatic rings. The van der Waals surface area contributed by atoms with Gasteiger partial charge in [-0.15, -0.1) is 0 Å². The summed E-state index contributed by atoms with van der Waals surface area (Å²) in [5.41, 5.74) is 2.46. The van der Waals surface area contributed by atoms with E-state index in [1.54, 1.807) is 6.07 Å². The third kappa shape index (κ3) is 2.75. The van der Waals surface area contributed by atoms with Gasteiger partial charge in [-0.3, -0.25) is 0 Å². The van der Waals surface area contributed by atoms with E-state index in [-0.39, 0.29) is 21.6 Å². The number of rotatable bonds is 3. The van der Waals surface area contributed by atoms with Gasteiger partial charge in [-0.05, 0) is 61.0 Å². The first kappa shape index (κ1) is 19.2. The van der Waals surface area contributed by atoms with Crippen LogP contribution in [-0.2, 0) is 5.41 Å². The molecule has 2 heterocycles. The topological polar surface area (TPSA) is 29.1 Å². The number of piperidine rings is 1. The number of quaternary nitrogens is 1. The number of fused-ring (bicyclic) bond motifs is 3. The summed E-state index contributed by atoms with van der Waals surface area (Å²) in [7, 11) is 0. The molecule has 0 aromatic heterocycles. The van der Waals surface area contributed by atoms with Crippen LogP contribution in [0.15, 0.2) is 73.3 Å². The fraction of sp³-hybridized carbons (Fsp3) is 0.269. The molecule has 1 N–H and O–H groups in total. The van der Waals surface area contributed by atoms with E-state index in [0.717, 1.165) is 53.5 Å². The van der Waals surface area contributed by atoms with Crippen LogP contribution in [0.1, 0.15) is 28.8 Å². The van der Waals surface area contributed by atoms with Gasteiger partial charge in [-0.25, -0.2) is 13.7 Å². The largest absolute Gasteiger partial charge is 0.351 e. The van der Waals surface area contributed by atoms with Gasteiger partial charge in [0.25, 0.3) is 0 Å². The van der Waals surface area contributed by atoms with E-state index in [4.69, 9.17) is 0 Å². The van der Waals surface area contributed by atoms with Gasteiger partial charge in [0.05, 0.1) is 11.0 Å². The molecule has 1 amide bonds. The first-order valence-corrected chi connectivity index (χ1v) is 10.6. The Labute approximate surface area is 176 Å². The third-order valence-electron chi connectivity index (χ3n) is 6.97. The van der Waals surface area contributed by atoms with Gasteiger partial charge in [-0.1, -0.05) is 43.0 Å². The van der Waals surface area contributed by atoms with Gasteiger partial charge in [0, 0.05) is 11.6 Å². The van der Waals surface area contributed by atoms with Crippen LogP contribution in [0.25, 0.3) is 10.8 Å². The maximum absolute atomic E-state index is 14.3. The minimum Gasteiger partial charge on any atom is -0.317 e. The summed E-state index contributed by atoms with van der Waals surface area (Å²) in [5.74, 6) is -0.169. The van der Waals surface area contributed by atoms with Crippen molar-refractivity contribution in [1.82, 2.24) is 9.80 Å².